The number of hydrogen-bond donors (Lipinski definition) is 2. The van der Waals surface area contributed by atoms with Crippen molar-refractivity contribution in [3.63, 3.8) is 0 Å². The second-order valence-corrected chi connectivity index (χ2v) is 5.67. The molecular formula is C19H22N2O6. The van der Waals surface area contributed by atoms with Crippen LogP contribution in [0.1, 0.15) is 0 Å². The first kappa shape index (κ1) is 18.5. The Balaban J connectivity index is 1.64. The van der Waals surface area contributed by atoms with Crippen LogP contribution in [0.5, 0.6) is 28.7 Å². The summed E-state index contributed by atoms with van der Waals surface area (Å²) in [6.45, 7) is 1.13. The lowest BCUT2D eigenvalue weighted by Gasteiger charge is -2.19. The van der Waals surface area contributed by atoms with E-state index in [-0.39, 0.29) is 12.5 Å². The first-order chi connectivity index (χ1) is 13.1. The quantitative estimate of drug-likeness (QED) is 0.770. The number of methoxy groups -OCH3 is 3. The molecular weight excluding hydrogens is 352 g/mol. The van der Waals surface area contributed by atoms with Gasteiger partial charge in [0.15, 0.2) is 23.0 Å². The van der Waals surface area contributed by atoms with Crippen LogP contribution >= 0.6 is 0 Å². The topological polar surface area (TPSA) is 87.3 Å². The summed E-state index contributed by atoms with van der Waals surface area (Å²) in [5, 5.41) is 5.86. The van der Waals surface area contributed by atoms with E-state index in [4.69, 9.17) is 23.7 Å². The van der Waals surface area contributed by atoms with Crippen molar-refractivity contribution in [2.24, 2.45) is 0 Å². The van der Waals surface area contributed by atoms with E-state index in [2.05, 4.69) is 10.6 Å². The average Bonchev–Trinajstić information content (AvgIpc) is 2.71. The standard InChI is InChI=1S/C19H22N2O6/c1-23-16-9-13(10-17(24-2)19(16)25-3)21-18(22)11-20-12-4-5-14-15(8-12)27-7-6-26-14/h4-5,8-10,20H,6-7,11H2,1-3H3,(H,21,22). The van der Waals surface area contributed by atoms with E-state index in [1.807, 2.05) is 12.1 Å². The van der Waals surface area contributed by atoms with Gasteiger partial charge in [-0.1, -0.05) is 0 Å². The molecule has 0 bridgehead atoms. The molecule has 2 aromatic carbocycles. The number of hydrogen-bond acceptors (Lipinski definition) is 7. The van der Waals surface area contributed by atoms with Gasteiger partial charge < -0.3 is 34.3 Å². The molecule has 3 rings (SSSR count). The molecule has 0 radical (unpaired) electrons. The summed E-state index contributed by atoms with van der Waals surface area (Å²) in [5.74, 6) is 2.54. The van der Waals surface area contributed by atoms with E-state index >= 15 is 0 Å². The highest BCUT2D eigenvalue weighted by Gasteiger charge is 2.15. The SMILES string of the molecule is COc1cc(NC(=O)CNc2ccc3c(c2)OCCO3)cc(OC)c1OC. The summed E-state index contributed by atoms with van der Waals surface area (Å²) in [6.07, 6.45) is 0. The van der Waals surface area contributed by atoms with Gasteiger partial charge in [0, 0.05) is 29.6 Å². The van der Waals surface area contributed by atoms with Crippen molar-refractivity contribution >= 4 is 17.3 Å². The molecule has 1 aliphatic heterocycles. The minimum atomic E-state index is -0.223. The number of carbonyl (C=O) groups excluding carboxylic acids is 1. The van der Waals surface area contributed by atoms with E-state index in [9.17, 15) is 4.79 Å². The van der Waals surface area contributed by atoms with Gasteiger partial charge in [-0.05, 0) is 12.1 Å². The van der Waals surface area contributed by atoms with Crippen LogP contribution in [0.4, 0.5) is 11.4 Å². The van der Waals surface area contributed by atoms with E-state index in [1.54, 1.807) is 18.2 Å². The van der Waals surface area contributed by atoms with Gasteiger partial charge in [0.25, 0.3) is 0 Å². The Morgan fingerprint density at radius 2 is 1.59 bits per heavy atom. The van der Waals surface area contributed by atoms with Crippen molar-refractivity contribution in [3.05, 3.63) is 30.3 Å². The van der Waals surface area contributed by atoms with Gasteiger partial charge in [0.2, 0.25) is 11.7 Å². The zero-order valence-electron chi connectivity index (χ0n) is 15.5. The minimum Gasteiger partial charge on any atom is -0.493 e. The van der Waals surface area contributed by atoms with Crippen molar-refractivity contribution in [3.8, 4) is 28.7 Å². The fraction of sp³-hybridized carbons (Fsp3) is 0.316. The van der Waals surface area contributed by atoms with Crippen LogP contribution in [0.2, 0.25) is 0 Å². The fourth-order valence-corrected chi connectivity index (χ4v) is 2.69. The Hall–Kier alpha value is -3.29. The molecule has 2 aromatic rings. The molecule has 0 aliphatic carbocycles. The second-order valence-electron chi connectivity index (χ2n) is 5.67. The van der Waals surface area contributed by atoms with E-state index < -0.39 is 0 Å². The molecule has 0 fully saturated rings. The maximum Gasteiger partial charge on any atom is 0.243 e. The summed E-state index contributed by atoms with van der Waals surface area (Å²) < 4.78 is 26.9. The largest absolute Gasteiger partial charge is 0.493 e. The van der Waals surface area contributed by atoms with Gasteiger partial charge >= 0.3 is 0 Å². The Morgan fingerprint density at radius 3 is 2.22 bits per heavy atom. The lowest BCUT2D eigenvalue weighted by molar-refractivity contribution is -0.114. The monoisotopic (exact) mass is 374 g/mol. The molecule has 144 valence electrons. The van der Waals surface area contributed by atoms with Gasteiger partial charge in [-0.3, -0.25) is 4.79 Å². The molecule has 1 aliphatic rings. The third-order valence-corrected chi connectivity index (χ3v) is 3.94. The zero-order valence-corrected chi connectivity index (χ0v) is 15.5. The van der Waals surface area contributed by atoms with Crippen LogP contribution in [-0.2, 0) is 4.79 Å². The molecule has 0 saturated heterocycles. The first-order valence-corrected chi connectivity index (χ1v) is 8.38. The Kier molecular flexibility index (Phi) is 5.75. The van der Waals surface area contributed by atoms with Crippen LogP contribution in [0.15, 0.2) is 30.3 Å². The summed E-state index contributed by atoms with van der Waals surface area (Å²) in [4.78, 5) is 12.3. The molecule has 0 atom stereocenters. The lowest BCUT2D eigenvalue weighted by atomic mass is 10.2. The van der Waals surface area contributed by atoms with Crippen LogP contribution in [0.25, 0.3) is 0 Å². The molecule has 1 heterocycles. The number of ether oxygens (including phenoxy) is 5. The van der Waals surface area contributed by atoms with Crippen molar-refractivity contribution in [1.82, 2.24) is 0 Å². The number of anilines is 2. The summed E-state index contributed by atoms with van der Waals surface area (Å²) in [7, 11) is 4.56. The number of nitrogens with one attached hydrogen (secondary N) is 2. The Labute approximate surface area is 157 Å². The lowest BCUT2D eigenvalue weighted by Crippen LogP contribution is -2.22. The highest BCUT2D eigenvalue weighted by Crippen LogP contribution is 2.40. The second kappa shape index (κ2) is 8.39. The molecule has 0 unspecified atom stereocenters. The summed E-state index contributed by atoms with van der Waals surface area (Å²) in [5.41, 5.74) is 1.30. The van der Waals surface area contributed by atoms with Crippen LogP contribution < -0.4 is 34.3 Å². The molecule has 0 aromatic heterocycles. The highest BCUT2D eigenvalue weighted by atomic mass is 16.6. The van der Waals surface area contributed by atoms with Crippen LogP contribution in [0.3, 0.4) is 0 Å². The smallest absolute Gasteiger partial charge is 0.243 e. The third-order valence-electron chi connectivity index (χ3n) is 3.94. The Bertz CT molecular complexity index is 799. The summed E-state index contributed by atoms with van der Waals surface area (Å²) in [6, 6.07) is 8.79. The number of rotatable bonds is 7. The molecule has 2 N–H and O–H groups in total. The van der Waals surface area contributed by atoms with Gasteiger partial charge in [-0.25, -0.2) is 0 Å². The van der Waals surface area contributed by atoms with E-state index in [1.165, 1.54) is 21.3 Å². The van der Waals surface area contributed by atoms with Crippen molar-refractivity contribution in [2.45, 2.75) is 0 Å². The summed E-state index contributed by atoms with van der Waals surface area (Å²) >= 11 is 0. The fourth-order valence-electron chi connectivity index (χ4n) is 2.69. The highest BCUT2D eigenvalue weighted by molar-refractivity contribution is 5.94. The molecule has 0 saturated carbocycles. The van der Waals surface area contributed by atoms with Crippen molar-refractivity contribution in [1.29, 1.82) is 0 Å². The van der Waals surface area contributed by atoms with E-state index in [0.717, 1.165) is 5.69 Å². The number of benzene rings is 2. The maximum absolute atomic E-state index is 12.3. The van der Waals surface area contributed by atoms with Crippen molar-refractivity contribution in [2.75, 3.05) is 51.7 Å². The number of fused-ring (bicyclic) bond motifs is 1. The predicted molar refractivity (Wildman–Crippen MR) is 101 cm³/mol. The molecule has 8 heteroatoms. The number of amides is 1. The first-order valence-electron chi connectivity index (χ1n) is 8.38. The van der Waals surface area contributed by atoms with E-state index in [0.29, 0.717) is 47.6 Å². The minimum absolute atomic E-state index is 0.0797. The molecule has 1 amide bonds. The Morgan fingerprint density at radius 1 is 0.926 bits per heavy atom. The molecule has 0 spiro atoms. The van der Waals surface area contributed by atoms with Gasteiger partial charge in [0.05, 0.1) is 27.9 Å². The third kappa shape index (κ3) is 4.28. The van der Waals surface area contributed by atoms with Crippen LogP contribution in [0, 0.1) is 0 Å². The van der Waals surface area contributed by atoms with Gasteiger partial charge in [-0.15, -0.1) is 0 Å². The number of carbonyl (C=O) groups is 1. The van der Waals surface area contributed by atoms with Gasteiger partial charge in [0.1, 0.15) is 13.2 Å². The average molecular weight is 374 g/mol. The molecule has 27 heavy (non-hydrogen) atoms. The zero-order chi connectivity index (χ0) is 19.2. The molecule has 8 nitrogen and oxygen atoms in total. The maximum atomic E-state index is 12.3. The van der Waals surface area contributed by atoms with Crippen molar-refractivity contribution < 1.29 is 28.5 Å². The normalized spacial score (nSPS) is 12.1. The van der Waals surface area contributed by atoms with Crippen LogP contribution in [-0.4, -0.2) is 47.0 Å². The predicted octanol–water partition coefficient (Wildman–Crippen LogP) is 2.53. The van der Waals surface area contributed by atoms with Gasteiger partial charge in [-0.2, -0.15) is 0 Å².